The summed E-state index contributed by atoms with van der Waals surface area (Å²) in [4.78, 5) is 13.4. The minimum absolute atomic E-state index is 0.179. The van der Waals surface area contributed by atoms with Gasteiger partial charge in [0.1, 0.15) is 5.75 Å². The molecular formula is C13H18N6O2. The Morgan fingerprint density at radius 2 is 2.33 bits per heavy atom. The molecule has 0 fully saturated rings. The van der Waals surface area contributed by atoms with Gasteiger partial charge in [-0.3, -0.25) is 10.2 Å². The molecule has 1 aromatic carbocycles. The smallest absolute Gasteiger partial charge is 0.287 e. The number of phenolic OH excluding ortho intramolecular Hbond substituents is 1. The number of carbonyl (C=O) groups excluding carboxylic acids is 1. The number of anilines is 1. The number of amides is 1. The van der Waals surface area contributed by atoms with Crippen LogP contribution in [-0.2, 0) is 6.54 Å². The standard InChI is InChI=1S/C13H18N6O2/c1-2-18(10-4-3-5-11(20)8-10)6-7-19-9-12(16-17-19)13(21)15-14/h3-5,8-9,20H,2,6-7,14H2,1H3,(H,15,21). The molecule has 0 aliphatic heterocycles. The van der Waals surface area contributed by atoms with E-state index in [1.54, 1.807) is 29.1 Å². The summed E-state index contributed by atoms with van der Waals surface area (Å²) in [6, 6.07) is 7.06. The second kappa shape index (κ2) is 6.71. The molecule has 0 saturated heterocycles. The summed E-state index contributed by atoms with van der Waals surface area (Å²) in [5.41, 5.74) is 3.12. The number of carbonyl (C=O) groups is 1. The summed E-state index contributed by atoms with van der Waals surface area (Å²) in [5, 5.41) is 17.1. The molecule has 0 radical (unpaired) electrons. The summed E-state index contributed by atoms with van der Waals surface area (Å²) < 4.78 is 1.58. The highest BCUT2D eigenvalue weighted by atomic mass is 16.3. The third kappa shape index (κ3) is 3.69. The van der Waals surface area contributed by atoms with Gasteiger partial charge in [-0.25, -0.2) is 10.5 Å². The van der Waals surface area contributed by atoms with Gasteiger partial charge in [-0.15, -0.1) is 5.10 Å². The molecule has 0 aliphatic rings. The van der Waals surface area contributed by atoms with E-state index in [-0.39, 0.29) is 11.4 Å². The highest BCUT2D eigenvalue weighted by Crippen LogP contribution is 2.19. The number of likely N-dealkylation sites (N-methyl/N-ethyl adjacent to an activating group) is 1. The largest absolute Gasteiger partial charge is 0.508 e. The number of aromatic hydroxyl groups is 1. The number of hydrazine groups is 1. The maximum absolute atomic E-state index is 11.3. The van der Waals surface area contributed by atoms with Crippen LogP contribution in [0.25, 0.3) is 0 Å². The van der Waals surface area contributed by atoms with Gasteiger partial charge in [0.25, 0.3) is 5.91 Å². The summed E-state index contributed by atoms with van der Waals surface area (Å²) in [5.74, 6) is 4.80. The van der Waals surface area contributed by atoms with Crippen LogP contribution in [-0.4, -0.2) is 39.1 Å². The summed E-state index contributed by atoms with van der Waals surface area (Å²) in [7, 11) is 0. The van der Waals surface area contributed by atoms with Crippen molar-refractivity contribution in [2.24, 2.45) is 5.84 Å². The molecule has 0 spiro atoms. The monoisotopic (exact) mass is 290 g/mol. The third-order valence-corrected chi connectivity index (χ3v) is 3.08. The van der Waals surface area contributed by atoms with Crippen LogP contribution in [0.3, 0.4) is 0 Å². The molecular weight excluding hydrogens is 272 g/mol. The van der Waals surface area contributed by atoms with Crippen LogP contribution in [0.1, 0.15) is 17.4 Å². The summed E-state index contributed by atoms with van der Waals surface area (Å²) in [6.45, 7) is 4.05. The van der Waals surface area contributed by atoms with Gasteiger partial charge in [0.05, 0.1) is 12.7 Å². The number of rotatable bonds is 6. The number of hydrogen-bond acceptors (Lipinski definition) is 6. The molecule has 1 heterocycles. The Hall–Kier alpha value is -2.61. The van der Waals surface area contributed by atoms with E-state index in [0.29, 0.717) is 13.1 Å². The number of nitrogen functional groups attached to an aromatic ring is 1. The number of phenols is 1. The van der Waals surface area contributed by atoms with E-state index < -0.39 is 5.91 Å². The van der Waals surface area contributed by atoms with Crippen molar-refractivity contribution in [3.8, 4) is 5.75 Å². The van der Waals surface area contributed by atoms with Crippen LogP contribution in [0.2, 0.25) is 0 Å². The van der Waals surface area contributed by atoms with Crippen molar-refractivity contribution in [3.63, 3.8) is 0 Å². The molecule has 0 saturated carbocycles. The maximum Gasteiger partial charge on any atom is 0.287 e. The van der Waals surface area contributed by atoms with E-state index >= 15 is 0 Å². The van der Waals surface area contributed by atoms with Crippen molar-refractivity contribution in [2.75, 3.05) is 18.0 Å². The van der Waals surface area contributed by atoms with Crippen molar-refractivity contribution in [3.05, 3.63) is 36.2 Å². The van der Waals surface area contributed by atoms with E-state index in [1.807, 2.05) is 18.4 Å². The van der Waals surface area contributed by atoms with Gasteiger partial charge in [0.2, 0.25) is 0 Å². The first kappa shape index (κ1) is 14.8. The second-order valence-corrected chi connectivity index (χ2v) is 4.44. The van der Waals surface area contributed by atoms with Gasteiger partial charge in [0.15, 0.2) is 5.69 Å². The molecule has 0 bridgehead atoms. The van der Waals surface area contributed by atoms with Gasteiger partial charge in [0, 0.05) is 24.8 Å². The molecule has 8 heteroatoms. The minimum atomic E-state index is -0.471. The Kier molecular flexibility index (Phi) is 4.72. The third-order valence-electron chi connectivity index (χ3n) is 3.08. The number of nitrogens with zero attached hydrogens (tertiary/aromatic N) is 4. The van der Waals surface area contributed by atoms with E-state index in [9.17, 15) is 9.90 Å². The Bertz CT molecular complexity index is 612. The van der Waals surface area contributed by atoms with Crippen molar-refractivity contribution in [1.82, 2.24) is 20.4 Å². The van der Waals surface area contributed by atoms with Gasteiger partial charge >= 0.3 is 0 Å². The minimum Gasteiger partial charge on any atom is -0.508 e. The first-order chi connectivity index (χ1) is 10.1. The number of hydrogen-bond donors (Lipinski definition) is 3. The van der Waals surface area contributed by atoms with E-state index in [1.165, 1.54) is 0 Å². The van der Waals surface area contributed by atoms with Crippen molar-refractivity contribution < 1.29 is 9.90 Å². The lowest BCUT2D eigenvalue weighted by Crippen LogP contribution is -2.30. The average Bonchev–Trinajstić information content (AvgIpc) is 2.96. The number of nitrogens with one attached hydrogen (secondary N) is 1. The second-order valence-electron chi connectivity index (χ2n) is 4.44. The van der Waals surface area contributed by atoms with Crippen LogP contribution in [0.4, 0.5) is 5.69 Å². The van der Waals surface area contributed by atoms with Crippen LogP contribution in [0, 0.1) is 0 Å². The number of nitrogens with two attached hydrogens (primary N) is 1. The molecule has 0 aliphatic carbocycles. The van der Waals surface area contributed by atoms with E-state index in [4.69, 9.17) is 5.84 Å². The fraction of sp³-hybridized carbons (Fsp3) is 0.308. The van der Waals surface area contributed by atoms with Gasteiger partial charge < -0.3 is 10.0 Å². The fourth-order valence-corrected chi connectivity index (χ4v) is 1.97. The first-order valence-electron chi connectivity index (χ1n) is 6.59. The molecule has 2 aromatic rings. The SMILES string of the molecule is CCN(CCn1cc(C(=O)NN)nn1)c1cccc(O)c1. The summed E-state index contributed by atoms with van der Waals surface area (Å²) >= 11 is 0. The molecule has 2 rings (SSSR count). The molecule has 0 unspecified atom stereocenters. The van der Waals surface area contributed by atoms with Gasteiger partial charge in [-0.05, 0) is 19.1 Å². The van der Waals surface area contributed by atoms with Gasteiger partial charge in [-0.1, -0.05) is 11.3 Å². The van der Waals surface area contributed by atoms with Crippen molar-refractivity contribution >= 4 is 11.6 Å². The highest BCUT2D eigenvalue weighted by Gasteiger charge is 2.10. The number of benzene rings is 1. The summed E-state index contributed by atoms with van der Waals surface area (Å²) in [6.07, 6.45) is 1.54. The van der Waals surface area contributed by atoms with E-state index in [0.717, 1.165) is 12.2 Å². The van der Waals surface area contributed by atoms with Crippen molar-refractivity contribution in [2.45, 2.75) is 13.5 Å². The Morgan fingerprint density at radius 3 is 3.00 bits per heavy atom. The Morgan fingerprint density at radius 1 is 1.52 bits per heavy atom. The van der Waals surface area contributed by atoms with Crippen LogP contribution in [0.15, 0.2) is 30.5 Å². The topological polar surface area (TPSA) is 109 Å². The highest BCUT2D eigenvalue weighted by molar-refractivity contribution is 5.91. The molecule has 21 heavy (non-hydrogen) atoms. The molecule has 1 amide bonds. The van der Waals surface area contributed by atoms with Crippen LogP contribution < -0.4 is 16.2 Å². The lowest BCUT2D eigenvalue weighted by molar-refractivity contribution is 0.0948. The lowest BCUT2D eigenvalue weighted by atomic mass is 10.2. The van der Waals surface area contributed by atoms with Crippen LogP contribution in [0.5, 0.6) is 5.75 Å². The maximum atomic E-state index is 11.3. The number of aromatic nitrogens is 3. The van der Waals surface area contributed by atoms with Crippen molar-refractivity contribution in [1.29, 1.82) is 0 Å². The molecule has 4 N–H and O–H groups in total. The van der Waals surface area contributed by atoms with Crippen LogP contribution >= 0.6 is 0 Å². The fourth-order valence-electron chi connectivity index (χ4n) is 1.97. The zero-order chi connectivity index (χ0) is 15.2. The molecule has 8 nitrogen and oxygen atoms in total. The quantitative estimate of drug-likeness (QED) is 0.396. The predicted octanol–water partition coefficient (Wildman–Crippen LogP) is 0.114. The first-order valence-corrected chi connectivity index (χ1v) is 6.59. The Labute approximate surface area is 122 Å². The predicted molar refractivity (Wildman–Crippen MR) is 77.7 cm³/mol. The van der Waals surface area contributed by atoms with Gasteiger partial charge in [-0.2, -0.15) is 0 Å². The lowest BCUT2D eigenvalue weighted by Gasteiger charge is -2.23. The Balaban J connectivity index is 2.00. The molecule has 112 valence electrons. The zero-order valence-electron chi connectivity index (χ0n) is 11.7. The molecule has 1 aromatic heterocycles. The zero-order valence-corrected chi connectivity index (χ0v) is 11.7. The normalized spacial score (nSPS) is 10.4. The molecule has 0 atom stereocenters. The van der Waals surface area contributed by atoms with E-state index in [2.05, 4.69) is 15.2 Å². The average molecular weight is 290 g/mol.